The predicted octanol–water partition coefficient (Wildman–Crippen LogP) is 3.34. The Bertz CT molecular complexity index is 921. The zero-order valence-corrected chi connectivity index (χ0v) is 15.0. The van der Waals surface area contributed by atoms with Crippen LogP contribution in [-0.2, 0) is 11.2 Å². The van der Waals surface area contributed by atoms with E-state index in [0.717, 1.165) is 10.5 Å². The molecule has 0 atom stereocenters. The second kappa shape index (κ2) is 6.88. The first-order chi connectivity index (χ1) is 12.6. The molecule has 0 aliphatic carbocycles. The van der Waals surface area contributed by atoms with Crippen molar-refractivity contribution in [1.82, 2.24) is 5.32 Å². The highest BCUT2D eigenvalue weighted by Crippen LogP contribution is 2.46. The van der Waals surface area contributed by atoms with Crippen LogP contribution in [0.5, 0.6) is 11.5 Å². The van der Waals surface area contributed by atoms with Gasteiger partial charge in [-0.25, -0.2) is 0 Å². The fraction of sp³-hybridized carbons (Fsp3) is 0.200. The number of benzene rings is 2. The van der Waals surface area contributed by atoms with E-state index in [4.69, 9.17) is 9.47 Å². The molecular formula is C20H17NO4S. The number of fused-ring (bicyclic) bond motifs is 3. The Kier molecular flexibility index (Phi) is 4.42. The van der Waals surface area contributed by atoms with Crippen LogP contribution in [0.4, 0.5) is 0 Å². The molecule has 2 aliphatic heterocycles. The van der Waals surface area contributed by atoms with E-state index < -0.39 is 0 Å². The average Bonchev–Trinajstić information content (AvgIpc) is 3.02. The molecule has 0 fully saturated rings. The highest BCUT2D eigenvalue weighted by atomic mass is 32.2. The molecule has 6 heteroatoms. The van der Waals surface area contributed by atoms with Gasteiger partial charge in [-0.15, -0.1) is 11.8 Å². The summed E-state index contributed by atoms with van der Waals surface area (Å²) in [6.07, 6.45) is 0.537. The number of ketones is 1. The predicted molar refractivity (Wildman–Crippen MR) is 98.6 cm³/mol. The van der Waals surface area contributed by atoms with Crippen molar-refractivity contribution in [3.63, 3.8) is 0 Å². The second-order valence-corrected chi connectivity index (χ2v) is 7.12. The highest BCUT2D eigenvalue weighted by Gasteiger charge is 2.32. The standard InChI is InChI=1S/C20H17NO4S/c1-12(22)21-10-17-16(9-13-5-3-2-4-6-13)24-15-7-8-18-19(20(15)25-17)14(23)11-26-18/h2-8H,9-11H2,1H3,(H,21,22). The van der Waals surface area contributed by atoms with Gasteiger partial charge in [0.1, 0.15) is 5.76 Å². The van der Waals surface area contributed by atoms with Gasteiger partial charge in [0, 0.05) is 18.2 Å². The van der Waals surface area contributed by atoms with Crippen molar-refractivity contribution in [3.05, 3.63) is 65.1 Å². The Morgan fingerprint density at radius 1 is 1.12 bits per heavy atom. The maximum Gasteiger partial charge on any atom is 0.217 e. The number of thioether (sulfide) groups is 1. The Morgan fingerprint density at radius 2 is 1.92 bits per heavy atom. The van der Waals surface area contributed by atoms with Crippen molar-refractivity contribution in [1.29, 1.82) is 0 Å². The van der Waals surface area contributed by atoms with Gasteiger partial charge in [-0.05, 0) is 17.7 Å². The number of hydrogen-bond acceptors (Lipinski definition) is 5. The van der Waals surface area contributed by atoms with Crippen LogP contribution in [0.3, 0.4) is 0 Å². The summed E-state index contributed by atoms with van der Waals surface area (Å²) in [5.41, 5.74) is 1.65. The minimum absolute atomic E-state index is 0.0378. The summed E-state index contributed by atoms with van der Waals surface area (Å²) in [5.74, 6) is 2.44. The lowest BCUT2D eigenvalue weighted by atomic mass is 10.1. The molecule has 1 amide bonds. The van der Waals surface area contributed by atoms with Gasteiger partial charge in [-0.1, -0.05) is 30.3 Å². The van der Waals surface area contributed by atoms with Gasteiger partial charge in [0.15, 0.2) is 23.0 Å². The third-order valence-corrected chi connectivity index (χ3v) is 5.25. The Morgan fingerprint density at radius 3 is 2.69 bits per heavy atom. The molecule has 2 aromatic rings. The fourth-order valence-corrected chi connectivity index (χ4v) is 3.90. The molecule has 0 radical (unpaired) electrons. The fourth-order valence-electron chi connectivity index (χ4n) is 2.95. The molecule has 0 spiro atoms. The maximum atomic E-state index is 12.2. The largest absolute Gasteiger partial charge is 0.454 e. The van der Waals surface area contributed by atoms with Crippen LogP contribution in [0, 0.1) is 0 Å². The number of nitrogens with one attached hydrogen (secondary N) is 1. The molecule has 0 saturated heterocycles. The van der Waals surface area contributed by atoms with E-state index in [1.807, 2.05) is 42.5 Å². The van der Waals surface area contributed by atoms with E-state index in [2.05, 4.69) is 5.32 Å². The van der Waals surface area contributed by atoms with E-state index in [0.29, 0.717) is 40.8 Å². The van der Waals surface area contributed by atoms with Crippen LogP contribution in [0.2, 0.25) is 0 Å². The molecule has 2 aromatic carbocycles. The minimum atomic E-state index is -0.157. The Balaban J connectivity index is 1.70. The summed E-state index contributed by atoms with van der Waals surface area (Å²) in [7, 11) is 0. The number of amides is 1. The lowest BCUT2D eigenvalue weighted by molar-refractivity contribution is -0.118. The zero-order valence-electron chi connectivity index (χ0n) is 14.2. The van der Waals surface area contributed by atoms with Gasteiger partial charge < -0.3 is 14.8 Å². The van der Waals surface area contributed by atoms with Gasteiger partial charge in [0.2, 0.25) is 5.91 Å². The van der Waals surface area contributed by atoms with Gasteiger partial charge in [-0.3, -0.25) is 9.59 Å². The number of Topliss-reactive ketones (excluding diaryl/α,β-unsaturated/α-hetero) is 1. The smallest absolute Gasteiger partial charge is 0.217 e. The number of carbonyl (C=O) groups excluding carboxylic acids is 2. The van der Waals surface area contributed by atoms with Crippen molar-refractivity contribution in [2.75, 3.05) is 12.3 Å². The summed E-state index contributed by atoms with van der Waals surface area (Å²) >= 11 is 1.50. The number of ether oxygens (including phenoxy) is 2. The zero-order chi connectivity index (χ0) is 18.1. The summed E-state index contributed by atoms with van der Waals surface area (Å²) in [6, 6.07) is 13.6. The van der Waals surface area contributed by atoms with Crippen LogP contribution in [0.15, 0.2) is 58.9 Å². The van der Waals surface area contributed by atoms with Crippen molar-refractivity contribution >= 4 is 23.5 Å². The van der Waals surface area contributed by atoms with Gasteiger partial charge in [-0.2, -0.15) is 0 Å². The molecule has 0 aromatic heterocycles. The highest BCUT2D eigenvalue weighted by molar-refractivity contribution is 8.00. The van der Waals surface area contributed by atoms with Gasteiger partial charge in [0.25, 0.3) is 0 Å². The normalized spacial score (nSPS) is 15.0. The molecule has 132 valence electrons. The summed E-state index contributed by atoms with van der Waals surface area (Å²) < 4.78 is 12.2. The quantitative estimate of drug-likeness (QED) is 0.898. The lowest BCUT2D eigenvalue weighted by Gasteiger charge is -2.25. The number of rotatable bonds is 4. The van der Waals surface area contributed by atoms with E-state index in [-0.39, 0.29) is 18.2 Å². The molecule has 2 aliphatic rings. The first-order valence-electron chi connectivity index (χ1n) is 8.31. The summed E-state index contributed by atoms with van der Waals surface area (Å²) in [6.45, 7) is 1.66. The average molecular weight is 367 g/mol. The molecular weight excluding hydrogens is 350 g/mol. The molecule has 2 heterocycles. The summed E-state index contributed by atoms with van der Waals surface area (Å²) in [5, 5.41) is 2.75. The molecule has 4 rings (SSSR count). The topological polar surface area (TPSA) is 64.6 Å². The van der Waals surface area contributed by atoms with E-state index in [1.54, 1.807) is 0 Å². The molecule has 0 saturated carbocycles. The third kappa shape index (κ3) is 3.20. The van der Waals surface area contributed by atoms with Crippen molar-refractivity contribution in [2.24, 2.45) is 0 Å². The first kappa shape index (κ1) is 16.7. The molecule has 5 nitrogen and oxygen atoms in total. The minimum Gasteiger partial charge on any atom is -0.454 e. The van der Waals surface area contributed by atoms with Crippen LogP contribution < -0.4 is 14.8 Å². The number of hydrogen-bond donors (Lipinski definition) is 1. The Labute approximate surface area is 155 Å². The van der Waals surface area contributed by atoms with E-state index in [1.165, 1.54) is 18.7 Å². The lowest BCUT2D eigenvalue weighted by Crippen LogP contribution is -2.28. The monoisotopic (exact) mass is 367 g/mol. The van der Waals surface area contributed by atoms with Crippen LogP contribution in [0.25, 0.3) is 0 Å². The van der Waals surface area contributed by atoms with Crippen molar-refractivity contribution in [3.8, 4) is 11.5 Å². The van der Waals surface area contributed by atoms with Gasteiger partial charge >= 0.3 is 0 Å². The van der Waals surface area contributed by atoms with E-state index >= 15 is 0 Å². The SMILES string of the molecule is CC(=O)NCC1=C(Cc2ccccc2)Oc2ccc3c(c2O1)C(=O)CS3. The molecule has 0 bridgehead atoms. The number of allylic oxidation sites excluding steroid dienone is 1. The maximum absolute atomic E-state index is 12.2. The number of carbonyl (C=O) groups is 2. The second-order valence-electron chi connectivity index (χ2n) is 6.10. The van der Waals surface area contributed by atoms with Crippen LogP contribution in [0.1, 0.15) is 22.8 Å². The molecule has 26 heavy (non-hydrogen) atoms. The van der Waals surface area contributed by atoms with E-state index in [9.17, 15) is 9.59 Å². The summed E-state index contributed by atoms with van der Waals surface area (Å²) in [4.78, 5) is 24.5. The first-order valence-corrected chi connectivity index (χ1v) is 9.29. The Hall–Kier alpha value is -2.73. The van der Waals surface area contributed by atoms with Crippen LogP contribution >= 0.6 is 11.8 Å². The molecule has 0 unspecified atom stereocenters. The van der Waals surface area contributed by atoms with Gasteiger partial charge in [0.05, 0.1) is 17.9 Å². The van der Waals surface area contributed by atoms with Crippen LogP contribution in [-0.4, -0.2) is 24.0 Å². The van der Waals surface area contributed by atoms with Crippen molar-refractivity contribution in [2.45, 2.75) is 18.2 Å². The molecule has 1 N–H and O–H groups in total. The van der Waals surface area contributed by atoms with Crippen molar-refractivity contribution < 1.29 is 19.1 Å². The third-order valence-electron chi connectivity index (χ3n) is 4.20.